The molecule has 25 heavy (non-hydrogen) atoms. The Morgan fingerprint density at radius 2 is 1.92 bits per heavy atom. The van der Waals surface area contributed by atoms with Gasteiger partial charge in [-0.3, -0.25) is 9.59 Å². The van der Waals surface area contributed by atoms with E-state index in [-0.39, 0.29) is 18.2 Å². The summed E-state index contributed by atoms with van der Waals surface area (Å²) in [5.74, 6) is -0.236. The molecule has 2 heterocycles. The molecule has 0 fully saturated rings. The number of amides is 2. The molecule has 0 spiro atoms. The number of rotatable bonds is 7. The van der Waals surface area contributed by atoms with E-state index in [1.54, 1.807) is 16.9 Å². The van der Waals surface area contributed by atoms with Crippen LogP contribution in [0.3, 0.4) is 0 Å². The van der Waals surface area contributed by atoms with Gasteiger partial charge < -0.3 is 10.6 Å². The quantitative estimate of drug-likeness (QED) is 0.684. The first-order valence-electron chi connectivity index (χ1n) is 7.90. The Labute approximate surface area is 149 Å². The Balaban J connectivity index is 1.39. The summed E-state index contributed by atoms with van der Waals surface area (Å²) in [6, 6.07) is 13.3. The van der Waals surface area contributed by atoms with Gasteiger partial charge in [0, 0.05) is 31.9 Å². The van der Waals surface area contributed by atoms with Crippen molar-refractivity contribution in [1.82, 2.24) is 20.4 Å². The topological polar surface area (TPSA) is 76.0 Å². The number of carbonyl (C=O) groups excluding carboxylic acids is 2. The van der Waals surface area contributed by atoms with Gasteiger partial charge in [0.2, 0.25) is 5.91 Å². The van der Waals surface area contributed by atoms with Crippen molar-refractivity contribution in [2.45, 2.75) is 13.0 Å². The summed E-state index contributed by atoms with van der Waals surface area (Å²) < 4.78 is 1.78. The fourth-order valence-corrected chi connectivity index (χ4v) is 2.90. The van der Waals surface area contributed by atoms with Crippen molar-refractivity contribution in [3.05, 3.63) is 70.7 Å². The van der Waals surface area contributed by atoms with Crippen LogP contribution < -0.4 is 10.6 Å². The summed E-state index contributed by atoms with van der Waals surface area (Å²) >= 11 is 1.38. The number of hydrogen-bond acceptors (Lipinski definition) is 4. The molecule has 0 aliphatic carbocycles. The van der Waals surface area contributed by atoms with Crippen LogP contribution >= 0.6 is 11.3 Å². The number of nitrogens with zero attached hydrogens (tertiary/aromatic N) is 2. The Morgan fingerprint density at radius 3 is 2.60 bits per heavy atom. The largest absolute Gasteiger partial charge is 0.352 e. The smallest absolute Gasteiger partial charge is 0.261 e. The van der Waals surface area contributed by atoms with Crippen molar-refractivity contribution in [3.8, 4) is 5.69 Å². The number of nitrogens with one attached hydrogen (secondary N) is 2. The van der Waals surface area contributed by atoms with Gasteiger partial charge in [0.05, 0.1) is 10.6 Å². The zero-order chi connectivity index (χ0) is 17.5. The van der Waals surface area contributed by atoms with Gasteiger partial charge in [-0.2, -0.15) is 5.10 Å². The van der Waals surface area contributed by atoms with Crippen LogP contribution in [0.4, 0.5) is 0 Å². The van der Waals surface area contributed by atoms with E-state index in [9.17, 15) is 9.59 Å². The number of carbonyl (C=O) groups is 2. The van der Waals surface area contributed by atoms with Crippen molar-refractivity contribution in [2.24, 2.45) is 0 Å². The highest BCUT2D eigenvalue weighted by atomic mass is 32.1. The molecule has 0 aliphatic rings. The fourth-order valence-electron chi connectivity index (χ4n) is 2.26. The van der Waals surface area contributed by atoms with E-state index >= 15 is 0 Å². The first kappa shape index (κ1) is 16.9. The molecule has 2 amide bonds. The first-order valence-corrected chi connectivity index (χ1v) is 8.78. The maximum absolute atomic E-state index is 11.9. The van der Waals surface area contributed by atoms with Gasteiger partial charge in [-0.05, 0) is 35.2 Å². The van der Waals surface area contributed by atoms with Crippen molar-refractivity contribution < 1.29 is 9.59 Å². The Hall–Kier alpha value is -2.93. The van der Waals surface area contributed by atoms with Crippen molar-refractivity contribution in [1.29, 1.82) is 0 Å². The maximum atomic E-state index is 11.9. The zero-order valence-electron chi connectivity index (χ0n) is 13.5. The van der Waals surface area contributed by atoms with Crippen LogP contribution in [0.15, 0.2) is 60.2 Å². The average Bonchev–Trinajstić information content (AvgIpc) is 3.34. The molecule has 3 aromatic rings. The molecule has 2 aromatic heterocycles. The zero-order valence-corrected chi connectivity index (χ0v) is 14.3. The predicted octanol–water partition coefficient (Wildman–Crippen LogP) is 2.37. The summed E-state index contributed by atoms with van der Waals surface area (Å²) in [6.45, 7) is 0.776. The summed E-state index contributed by atoms with van der Waals surface area (Å²) in [7, 11) is 0. The van der Waals surface area contributed by atoms with Gasteiger partial charge in [-0.1, -0.05) is 18.2 Å². The molecule has 0 unspecified atom stereocenters. The van der Waals surface area contributed by atoms with E-state index in [4.69, 9.17) is 0 Å². The highest BCUT2D eigenvalue weighted by molar-refractivity contribution is 7.12. The summed E-state index contributed by atoms with van der Waals surface area (Å²) in [4.78, 5) is 24.3. The number of benzene rings is 1. The van der Waals surface area contributed by atoms with E-state index in [0.29, 0.717) is 18.0 Å². The normalized spacial score (nSPS) is 10.4. The van der Waals surface area contributed by atoms with Gasteiger partial charge in [0.15, 0.2) is 0 Å². The molecule has 3 rings (SSSR count). The number of thiophene rings is 1. The molecule has 0 bridgehead atoms. The Kier molecular flexibility index (Phi) is 5.58. The molecular formula is C18H18N4O2S. The minimum atomic E-state index is -0.142. The Bertz CT molecular complexity index is 811. The third-order valence-electron chi connectivity index (χ3n) is 3.58. The van der Waals surface area contributed by atoms with E-state index in [2.05, 4.69) is 15.7 Å². The van der Waals surface area contributed by atoms with Gasteiger partial charge in [0.1, 0.15) is 0 Å². The molecule has 0 saturated heterocycles. The SMILES string of the molecule is O=C(CCNC(=O)c1cccs1)NCc1ccc(-n2cccn2)cc1. The number of hydrogen-bond donors (Lipinski definition) is 2. The minimum absolute atomic E-state index is 0.0948. The van der Waals surface area contributed by atoms with Gasteiger partial charge in [0.25, 0.3) is 5.91 Å². The molecule has 6 nitrogen and oxygen atoms in total. The summed E-state index contributed by atoms with van der Waals surface area (Å²) in [5, 5.41) is 11.6. The van der Waals surface area contributed by atoms with Gasteiger partial charge in [-0.15, -0.1) is 11.3 Å². The average molecular weight is 354 g/mol. The lowest BCUT2D eigenvalue weighted by Gasteiger charge is -2.07. The molecule has 2 N–H and O–H groups in total. The van der Waals surface area contributed by atoms with Crippen LogP contribution in [-0.4, -0.2) is 28.1 Å². The fraction of sp³-hybridized carbons (Fsp3) is 0.167. The van der Waals surface area contributed by atoms with Crippen molar-refractivity contribution >= 4 is 23.2 Å². The van der Waals surface area contributed by atoms with Crippen molar-refractivity contribution in [2.75, 3.05) is 6.54 Å². The molecular weight excluding hydrogens is 336 g/mol. The second kappa shape index (κ2) is 8.25. The molecule has 7 heteroatoms. The van der Waals surface area contributed by atoms with Crippen LogP contribution in [0.2, 0.25) is 0 Å². The minimum Gasteiger partial charge on any atom is -0.352 e. The van der Waals surface area contributed by atoms with E-state index in [1.165, 1.54) is 11.3 Å². The molecule has 1 aromatic carbocycles. The molecule has 0 radical (unpaired) electrons. The van der Waals surface area contributed by atoms with E-state index in [0.717, 1.165) is 11.3 Å². The van der Waals surface area contributed by atoms with Gasteiger partial charge >= 0.3 is 0 Å². The molecule has 0 aliphatic heterocycles. The third-order valence-corrected chi connectivity index (χ3v) is 4.45. The standard InChI is InChI=1S/C18H18N4O2S/c23-17(8-10-19-18(24)16-3-1-12-25-16)20-13-14-4-6-15(7-5-14)22-11-2-9-21-22/h1-7,9,11-12H,8,10,13H2,(H,19,24)(H,20,23). The van der Waals surface area contributed by atoms with E-state index in [1.807, 2.05) is 48.0 Å². The third kappa shape index (κ3) is 4.77. The number of aromatic nitrogens is 2. The lowest BCUT2D eigenvalue weighted by molar-refractivity contribution is -0.121. The van der Waals surface area contributed by atoms with Crippen LogP contribution in [0.25, 0.3) is 5.69 Å². The summed E-state index contributed by atoms with van der Waals surface area (Å²) in [6.07, 6.45) is 3.86. The second-order valence-corrected chi connectivity index (χ2v) is 6.32. The lowest BCUT2D eigenvalue weighted by atomic mass is 10.2. The van der Waals surface area contributed by atoms with Crippen LogP contribution in [0, 0.1) is 0 Å². The Morgan fingerprint density at radius 1 is 1.08 bits per heavy atom. The second-order valence-electron chi connectivity index (χ2n) is 5.38. The monoisotopic (exact) mass is 354 g/mol. The lowest BCUT2D eigenvalue weighted by Crippen LogP contribution is -2.30. The van der Waals surface area contributed by atoms with E-state index < -0.39 is 0 Å². The molecule has 0 saturated carbocycles. The molecule has 128 valence electrons. The van der Waals surface area contributed by atoms with Crippen molar-refractivity contribution in [3.63, 3.8) is 0 Å². The van der Waals surface area contributed by atoms with Gasteiger partial charge in [-0.25, -0.2) is 4.68 Å². The molecule has 0 atom stereocenters. The van der Waals surface area contributed by atoms with Crippen LogP contribution in [0.1, 0.15) is 21.7 Å². The maximum Gasteiger partial charge on any atom is 0.261 e. The van der Waals surface area contributed by atoms with Crippen LogP contribution in [-0.2, 0) is 11.3 Å². The summed E-state index contributed by atoms with van der Waals surface area (Å²) in [5.41, 5.74) is 1.98. The highest BCUT2D eigenvalue weighted by Crippen LogP contribution is 2.09. The first-order chi connectivity index (χ1) is 12.2. The van der Waals surface area contributed by atoms with Crippen LogP contribution in [0.5, 0.6) is 0 Å². The highest BCUT2D eigenvalue weighted by Gasteiger charge is 2.07. The predicted molar refractivity (Wildman–Crippen MR) is 96.7 cm³/mol.